The van der Waals surface area contributed by atoms with Gasteiger partial charge < -0.3 is 11.5 Å². The Balaban J connectivity index is 1.15. The number of aromatic nitrogens is 12. The van der Waals surface area contributed by atoms with Gasteiger partial charge in [-0.2, -0.15) is 39.7 Å². The molecule has 0 amide bonds. The molecular weight excluding hydrogens is 640 g/mol. The lowest BCUT2D eigenvalue weighted by Crippen LogP contribution is -2.09. The molecule has 0 aromatic carbocycles. The maximum absolute atomic E-state index is 9.59. The molecule has 20 heteroatoms. The first-order chi connectivity index (χ1) is 24.4. The van der Waals surface area contributed by atoms with Gasteiger partial charge in [-0.05, 0) is 50.2 Å². The number of aryl methyl sites for hydroxylation is 2. The Bertz CT molecular complexity index is 2310. The van der Waals surface area contributed by atoms with Crippen molar-refractivity contribution in [2.24, 2.45) is 20.5 Å². The maximum atomic E-state index is 9.59. The molecule has 0 saturated carbocycles. The molecule has 0 saturated heterocycles. The van der Waals surface area contributed by atoms with E-state index in [-0.39, 0.29) is 57.5 Å². The van der Waals surface area contributed by atoms with Gasteiger partial charge in [0, 0.05) is 12.4 Å². The topological polar surface area (TPSA) is 252 Å². The predicted molar refractivity (Wildman–Crippen MR) is 177 cm³/mol. The van der Waals surface area contributed by atoms with E-state index in [0.717, 1.165) is 0 Å². The molecule has 0 radical (unpaired) electrons. The van der Waals surface area contributed by atoms with Crippen molar-refractivity contribution in [2.45, 2.75) is 13.8 Å². The van der Waals surface area contributed by atoms with Gasteiger partial charge in [0.05, 0.1) is 30.4 Å². The molecule has 50 heavy (non-hydrogen) atoms. The van der Waals surface area contributed by atoms with Crippen LogP contribution in [0.25, 0.3) is 28.1 Å². The summed E-state index contributed by atoms with van der Waals surface area (Å²) in [6.45, 7) is 10.9. The SMILES string of the molecule is [C-]#[N+]c1cnn(-c2ccccn2)c1N=Nc1c(C)nn(-c2ccc(-n3nc(C)c(N=Nc4c(C#N)cnn4-c4ccccn4)c3N)nn2)c1N. The van der Waals surface area contributed by atoms with Gasteiger partial charge in [0.2, 0.25) is 0 Å². The largest absolute Gasteiger partial charge is 0.382 e. The fourth-order valence-corrected chi connectivity index (χ4v) is 4.73. The van der Waals surface area contributed by atoms with E-state index in [2.05, 4.69) is 71.9 Å². The third-order valence-electron chi connectivity index (χ3n) is 7.13. The summed E-state index contributed by atoms with van der Waals surface area (Å²) in [7, 11) is 0. The smallest absolute Gasteiger partial charge is 0.252 e. The van der Waals surface area contributed by atoms with Crippen LogP contribution in [0.4, 0.5) is 40.3 Å². The summed E-state index contributed by atoms with van der Waals surface area (Å²) < 4.78 is 5.53. The van der Waals surface area contributed by atoms with Crippen molar-refractivity contribution < 1.29 is 0 Å². The molecule has 242 valence electrons. The lowest BCUT2D eigenvalue weighted by molar-refractivity contribution is 0.772. The third kappa shape index (κ3) is 5.41. The second kappa shape index (κ2) is 12.7. The Morgan fingerprint density at radius 1 is 0.680 bits per heavy atom. The summed E-state index contributed by atoms with van der Waals surface area (Å²) in [4.78, 5) is 12.0. The molecule has 0 bridgehead atoms. The maximum Gasteiger partial charge on any atom is 0.252 e. The second-order valence-corrected chi connectivity index (χ2v) is 10.3. The Hall–Kier alpha value is -8.00. The van der Waals surface area contributed by atoms with Crippen molar-refractivity contribution >= 4 is 40.3 Å². The average molecular weight is 663 g/mol. The van der Waals surface area contributed by atoms with Crippen LogP contribution >= 0.6 is 0 Å². The Morgan fingerprint density at radius 3 is 1.68 bits per heavy atom. The normalized spacial score (nSPS) is 11.4. The molecule has 7 heterocycles. The van der Waals surface area contributed by atoms with Gasteiger partial charge in [-0.3, -0.25) is 0 Å². The van der Waals surface area contributed by atoms with Crippen LogP contribution in [-0.4, -0.2) is 59.3 Å². The highest BCUT2D eigenvalue weighted by Crippen LogP contribution is 2.35. The highest BCUT2D eigenvalue weighted by Gasteiger charge is 2.20. The Morgan fingerprint density at radius 2 is 1.20 bits per heavy atom. The number of nitrogen functional groups attached to an aromatic ring is 2. The molecule has 0 unspecified atom stereocenters. The zero-order chi connectivity index (χ0) is 34.8. The minimum absolute atomic E-state index is 0.136. The number of nitriles is 1. The van der Waals surface area contributed by atoms with E-state index in [9.17, 15) is 5.26 Å². The molecule has 7 rings (SSSR count). The van der Waals surface area contributed by atoms with E-state index in [1.165, 1.54) is 31.1 Å². The van der Waals surface area contributed by atoms with Crippen LogP contribution in [0.5, 0.6) is 0 Å². The summed E-state index contributed by atoms with van der Waals surface area (Å²) >= 11 is 0. The number of azo groups is 2. The molecule has 7 aromatic heterocycles. The summed E-state index contributed by atoms with van der Waals surface area (Å²) in [5.41, 5.74) is 14.7. The minimum Gasteiger partial charge on any atom is -0.382 e. The first-order valence-electron chi connectivity index (χ1n) is 14.5. The van der Waals surface area contributed by atoms with Crippen molar-refractivity contribution in [2.75, 3.05) is 11.5 Å². The van der Waals surface area contributed by atoms with E-state index < -0.39 is 0 Å². The quantitative estimate of drug-likeness (QED) is 0.161. The third-order valence-corrected chi connectivity index (χ3v) is 7.13. The summed E-state index contributed by atoms with van der Waals surface area (Å²) in [5.74, 6) is 2.13. The molecule has 0 aliphatic heterocycles. The van der Waals surface area contributed by atoms with Gasteiger partial charge in [0.25, 0.3) is 5.69 Å². The van der Waals surface area contributed by atoms with E-state index in [1.807, 2.05) is 0 Å². The lowest BCUT2D eigenvalue weighted by atomic mass is 10.3. The zero-order valence-electron chi connectivity index (χ0n) is 26.1. The van der Waals surface area contributed by atoms with Crippen molar-refractivity contribution in [3.8, 4) is 29.3 Å². The average Bonchev–Trinajstić information content (AvgIpc) is 3.90. The van der Waals surface area contributed by atoms with Gasteiger partial charge >= 0.3 is 0 Å². The van der Waals surface area contributed by atoms with Gasteiger partial charge in [-0.25, -0.2) is 19.5 Å². The van der Waals surface area contributed by atoms with Crippen molar-refractivity contribution in [1.82, 2.24) is 59.3 Å². The van der Waals surface area contributed by atoms with E-state index in [0.29, 0.717) is 23.0 Å². The summed E-state index contributed by atoms with van der Waals surface area (Å²) in [6.07, 6.45) is 5.97. The molecule has 4 N–H and O–H groups in total. The van der Waals surface area contributed by atoms with E-state index >= 15 is 0 Å². The van der Waals surface area contributed by atoms with Crippen molar-refractivity contribution in [3.63, 3.8) is 0 Å². The molecule has 0 atom stereocenters. The van der Waals surface area contributed by atoms with Crippen molar-refractivity contribution in [1.29, 1.82) is 5.26 Å². The summed E-state index contributed by atoms with van der Waals surface area (Å²) in [5, 5.41) is 52.7. The second-order valence-electron chi connectivity index (χ2n) is 10.3. The van der Waals surface area contributed by atoms with Crippen LogP contribution in [0.2, 0.25) is 0 Å². The van der Waals surface area contributed by atoms with Crippen LogP contribution in [0.15, 0.2) is 93.8 Å². The predicted octanol–water partition coefficient (Wildman–Crippen LogP) is 5.04. The molecule has 0 aliphatic rings. The molecule has 20 nitrogen and oxygen atoms in total. The number of hydrogen-bond donors (Lipinski definition) is 2. The lowest BCUT2D eigenvalue weighted by Gasteiger charge is -2.05. The van der Waals surface area contributed by atoms with Crippen LogP contribution in [0.1, 0.15) is 17.0 Å². The standard InChI is InChI=1S/C30H22N20/c1-17-25(41-43-29-19(14-31)15-37-49(29)21-8-4-6-12-35-21)27(32)47(45-17)23-10-11-24(40-39-23)48-28(33)26(18(2)46-48)42-44-30-20(34-3)16-38-50(30)22-9-5-7-13-36-22/h4-13,15-16H,32-33H2,1-2H3. The molecule has 7 aromatic rings. The fraction of sp³-hybridized carbons (Fsp3) is 0.0667. The fourth-order valence-electron chi connectivity index (χ4n) is 4.73. The van der Waals surface area contributed by atoms with Crippen LogP contribution in [0, 0.1) is 31.8 Å². The Labute approximate surface area is 281 Å². The minimum atomic E-state index is 0.136. The van der Waals surface area contributed by atoms with Crippen LogP contribution in [0.3, 0.4) is 0 Å². The van der Waals surface area contributed by atoms with Gasteiger partial charge in [-0.15, -0.1) is 30.7 Å². The summed E-state index contributed by atoms with van der Waals surface area (Å²) in [6, 6.07) is 15.9. The molecular formula is C30H22N20. The molecule has 0 aliphatic carbocycles. The molecule has 0 spiro atoms. The highest BCUT2D eigenvalue weighted by molar-refractivity contribution is 5.67. The van der Waals surface area contributed by atoms with Crippen molar-refractivity contribution in [3.05, 3.63) is 102 Å². The number of pyridine rings is 2. The number of hydrogen-bond acceptors (Lipinski definition) is 15. The number of nitrogens with two attached hydrogens (primary N) is 2. The van der Waals surface area contributed by atoms with Gasteiger partial charge in [0.15, 0.2) is 57.9 Å². The van der Waals surface area contributed by atoms with E-state index in [4.69, 9.17) is 18.0 Å². The van der Waals surface area contributed by atoms with E-state index in [1.54, 1.807) is 74.8 Å². The first-order valence-corrected chi connectivity index (χ1v) is 14.5. The highest BCUT2D eigenvalue weighted by atomic mass is 15.4. The number of rotatable bonds is 8. The Kier molecular flexibility index (Phi) is 7.76. The number of anilines is 2. The number of nitrogens with zero attached hydrogens (tertiary/aromatic N) is 18. The molecule has 0 fully saturated rings. The van der Waals surface area contributed by atoms with Crippen LogP contribution < -0.4 is 11.5 Å². The first kappa shape index (κ1) is 30.6. The monoisotopic (exact) mass is 662 g/mol. The van der Waals surface area contributed by atoms with Gasteiger partial charge in [-0.1, -0.05) is 12.1 Å². The van der Waals surface area contributed by atoms with Gasteiger partial charge in [0.1, 0.15) is 11.6 Å². The zero-order valence-corrected chi connectivity index (χ0v) is 26.1. The van der Waals surface area contributed by atoms with Crippen LogP contribution in [-0.2, 0) is 0 Å².